The van der Waals surface area contributed by atoms with Crippen molar-refractivity contribution in [3.8, 4) is 11.4 Å². The molecule has 1 atom stereocenters. The van der Waals surface area contributed by atoms with Gasteiger partial charge >= 0.3 is 0 Å². The van der Waals surface area contributed by atoms with E-state index in [1.54, 1.807) is 7.11 Å². The van der Waals surface area contributed by atoms with Gasteiger partial charge in [-0.15, -0.1) is 0 Å². The number of methoxy groups -OCH3 is 1. The van der Waals surface area contributed by atoms with Crippen molar-refractivity contribution in [3.05, 3.63) is 46.2 Å². The van der Waals surface area contributed by atoms with Gasteiger partial charge in [-0.25, -0.2) is 0 Å². The average Bonchev–Trinajstić information content (AvgIpc) is 2.80. The number of nitrogens with zero attached hydrogens (tertiary/aromatic N) is 1. The number of ether oxygens (including phenoxy) is 1. The van der Waals surface area contributed by atoms with Crippen molar-refractivity contribution in [2.24, 2.45) is 11.1 Å². The van der Waals surface area contributed by atoms with Crippen LogP contribution in [0.2, 0.25) is 0 Å². The molecule has 2 N–H and O–H groups in total. The molecule has 1 aliphatic carbocycles. The lowest BCUT2D eigenvalue weighted by atomic mass is 9.74. The predicted molar refractivity (Wildman–Crippen MR) is 89.1 cm³/mol. The first kappa shape index (κ1) is 14.7. The maximum absolute atomic E-state index is 6.35. The summed E-state index contributed by atoms with van der Waals surface area (Å²) in [5.74, 6) is 0.848. The molecular weight excluding hydrogens is 328 g/mol. The summed E-state index contributed by atoms with van der Waals surface area (Å²) in [7, 11) is 1.69. The van der Waals surface area contributed by atoms with Crippen molar-refractivity contribution in [2.45, 2.75) is 32.7 Å². The Morgan fingerprint density at radius 3 is 2.81 bits per heavy atom. The number of halogens is 1. The summed E-state index contributed by atoms with van der Waals surface area (Å²) in [5.41, 5.74) is 10.3. The highest BCUT2D eigenvalue weighted by molar-refractivity contribution is 9.10. The molecule has 1 aromatic carbocycles. The lowest BCUT2D eigenvalue weighted by Crippen LogP contribution is -2.30. The zero-order valence-electron chi connectivity index (χ0n) is 12.7. The summed E-state index contributed by atoms with van der Waals surface area (Å²) in [4.78, 5) is 0. The monoisotopic (exact) mass is 348 g/mol. The molecule has 0 spiro atoms. The fraction of sp³-hybridized carbons (Fsp3) is 0.412. The van der Waals surface area contributed by atoms with Crippen LogP contribution in [0.1, 0.15) is 37.6 Å². The fourth-order valence-corrected chi connectivity index (χ4v) is 3.74. The molecule has 3 rings (SSSR count). The maximum atomic E-state index is 6.35. The molecule has 1 aromatic heterocycles. The van der Waals surface area contributed by atoms with E-state index in [1.165, 1.54) is 11.3 Å². The number of aromatic nitrogens is 1. The van der Waals surface area contributed by atoms with Crippen molar-refractivity contribution in [3.63, 3.8) is 0 Å². The van der Waals surface area contributed by atoms with E-state index in [0.29, 0.717) is 0 Å². The van der Waals surface area contributed by atoms with Crippen molar-refractivity contribution < 1.29 is 4.74 Å². The van der Waals surface area contributed by atoms with E-state index in [0.717, 1.165) is 28.8 Å². The van der Waals surface area contributed by atoms with Crippen LogP contribution in [0.5, 0.6) is 5.75 Å². The third-order valence-corrected chi connectivity index (χ3v) is 4.67. The van der Waals surface area contributed by atoms with Crippen LogP contribution in [0.3, 0.4) is 0 Å². The zero-order valence-corrected chi connectivity index (χ0v) is 14.3. The molecule has 0 saturated heterocycles. The SMILES string of the molecule is COc1cc(Br)cc(-n2ccc3c2CC(C)(C)CC3N)c1. The van der Waals surface area contributed by atoms with Crippen LogP contribution in [0.15, 0.2) is 34.9 Å². The van der Waals surface area contributed by atoms with E-state index in [1.807, 2.05) is 6.07 Å². The third kappa shape index (κ3) is 2.74. The van der Waals surface area contributed by atoms with Crippen molar-refractivity contribution in [2.75, 3.05) is 7.11 Å². The maximum Gasteiger partial charge on any atom is 0.122 e. The Morgan fingerprint density at radius 1 is 1.33 bits per heavy atom. The Bertz CT molecular complexity index is 675. The number of nitrogens with two attached hydrogens (primary N) is 1. The van der Waals surface area contributed by atoms with Crippen LogP contribution < -0.4 is 10.5 Å². The molecule has 1 heterocycles. The molecular formula is C17H21BrN2O. The van der Waals surface area contributed by atoms with E-state index in [-0.39, 0.29) is 11.5 Å². The Hall–Kier alpha value is -1.26. The molecule has 0 amide bonds. The molecule has 0 fully saturated rings. The number of benzene rings is 1. The van der Waals surface area contributed by atoms with E-state index in [2.05, 4.69) is 58.7 Å². The van der Waals surface area contributed by atoms with Gasteiger partial charge in [-0.3, -0.25) is 0 Å². The van der Waals surface area contributed by atoms with Crippen LogP contribution in [0.4, 0.5) is 0 Å². The van der Waals surface area contributed by atoms with Crippen molar-refractivity contribution >= 4 is 15.9 Å². The molecule has 2 aromatic rings. The third-order valence-electron chi connectivity index (χ3n) is 4.22. The second-order valence-electron chi connectivity index (χ2n) is 6.59. The van der Waals surface area contributed by atoms with Gasteiger partial charge < -0.3 is 15.0 Å². The van der Waals surface area contributed by atoms with Crippen LogP contribution in [-0.4, -0.2) is 11.7 Å². The van der Waals surface area contributed by atoms with E-state index in [9.17, 15) is 0 Å². The summed E-state index contributed by atoms with van der Waals surface area (Å²) in [6.45, 7) is 4.57. The Kier molecular flexibility index (Phi) is 3.62. The van der Waals surface area contributed by atoms with Gasteiger partial charge in [-0.1, -0.05) is 29.8 Å². The molecule has 0 saturated carbocycles. The molecule has 0 radical (unpaired) electrons. The van der Waals surface area contributed by atoms with Crippen molar-refractivity contribution in [1.82, 2.24) is 4.57 Å². The first-order valence-electron chi connectivity index (χ1n) is 7.20. The summed E-state index contributed by atoms with van der Waals surface area (Å²) >= 11 is 3.55. The number of rotatable bonds is 2. The molecule has 0 aliphatic heterocycles. The molecule has 112 valence electrons. The minimum atomic E-state index is 0.124. The van der Waals surface area contributed by atoms with Gasteiger partial charge in [0.1, 0.15) is 5.75 Å². The molecule has 1 aliphatic rings. The summed E-state index contributed by atoms with van der Waals surface area (Å²) in [6, 6.07) is 8.41. The molecule has 3 nitrogen and oxygen atoms in total. The Balaban J connectivity index is 2.11. The quantitative estimate of drug-likeness (QED) is 0.882. The van der Waals surface area contributed by atoms with Gasteiger partial charge in [0.25, 0.3) is 0 Å². The smallest absolute Gasteiger partial charge is 0.122 e. The van der Waals surface area contributed by atoms with Gasteiger partial charge in [0, 0.05) is 28.5 Å². The van der Waals surface area contributed by atoms with E-state index in [4.69, 9.17) is 10.5 Å². The van der Waals surface area contributed by atoms with Crippen LogP contribution >= 0.6 is 15.9 Å². The molecule has 4 heteroatoms. The first-order valence-corrected chi connectivity index (χ1v) is 7.99. The van der Waals surface area contributed by atoms with Gasteiger partial charge in [0.15, 0.2) is 0 Å². The lowest BCUT2D eigenvalue weighted by Gasteiger charge is -2.34. The van der Waals surface area contributed by atoms with E-state index >= 15 is 0 Å². The highest BCUT2D eigenvalue weighted by Gasteiger charge is 2.32. The number of fused-ring (bicyclic) bond motifs is 1. The second-order valence-corrected chi connectivity index (χ2v) is 7.50. The number of hydrogen-bond acceptors (Lipinski definition) is 2. The summed E-state index contributed by atoms with van der Waals surface area (Å²) < 4.78 is 8.62. The lowest BCUT2D eigenvalue weighted by molar-refractivity contribution is 0.278. The van der Waals surface area contributed by atoms with Crippen LogP contribution in [0.25, 0.3) is 5.69 Å². The number of hydrogen-bond donors (Lipinski definition) is 1. The van der Waals surface area contributed by atoms with Gasteiger partial charge in [-0.2, -0.15) is 0 Å². The fourth-order valence-electron chi connectivity index (χ4n) is 3.28. The van der Waals surface area contributed by atoms with Gasteiger partial charge in [-0.05, 0) is 42.0 Å². The molecule has 0 bridgehead atoms. The minimum Gasteiger partial charge on any atom is -0.497 e. The predicted octanol–water partition coefficient (Wildman–Crippen LogP) is 4.22. The highest BCUT2D eigenvalue weighted by Crippen LogP contribution is 2.41. The zero-order chi connectivity index (χ0) is 15.2. The van der Waals surface area contributed by atoms with E-state index < -0.39 is 0 Å². The Morgan fingerprint density at radius 2 is 2.10 bits per heavy atom. The van der Waals surface area contributed by atoms with Crippen LogP contribution in [0, 0.1) is 5.41 Å². The van der Waals surface area contributed by atoms with Crippen molar-refractivity contribution in [1.29, 1.82) is 0 Å². The molecule has 1 unspecified atom stereocenters. The highest BCUT2D eigenvalue weighted by atomic mass is 79.9. The topological polar surface area (TPSA) is 40.2 Å². The first-order chi connectivity index (χ1) is 9.89. The second kappa shape index (κ2) is 5.18. The Labute approximate surface area is 134 Å². The average molecular weight is 349 g/mol. The van der Waals surface area contributed by atoms with Gasteiger partial charge in [0.05, 0.1) is 12.8 Å². The summed E-state index contributed by atoms with van der Waals surface area (Å²) in [6.07, 6.45) is 4.19. The minimum absolute atomic E-state index is 0.124. The largest absolute Gasteiger partial charge is 0.497 e. The molecule has 21 heavy (non-hydrogen) atoms. The van der Waals surface area contributed by atoms with Gasteiger partial charge in [0.2, 0.25) is 0 Å². The normalized spacial score (nSPS) is 20.1. The summed E-state index contributed by atoms with van der Waals surface area (Å²) in [5, 5.41) is 0. The van der Waals surface area contributed by atoms with Crippen LogP contribution in [-0.2, 0) is 6.42 Å². The standard InChI is InChI=1S/C17H21BrN2O/c1-17(2)9-15(19)14-4-5-20(16(14)10-17)12-6-11(18)7-13(8-12)21-3/h4-8,15H,9-10,19H2,1-3H3.